The van der Waals surface area contributed by atoms with Crippen LogP contribution in [-0.2, 0) is 14.4 Å². The van der Waals surface area contributed by atoms with Crippen LogP contribution >= 0.6 is 11.8 Å². The van der Waals surface area contributed by atoms with E-state index in [1.165, 1.54) is 26.2 Å². The number of nitrogens with zero attached hydrogens (tertiary/aromatic N) is 1. The molecule has 1 aliphatic heterocycles. The van der Waals surface area contributed by atoms with Gasteiger partial charge in [-0.2, -0.15) is 0 Å². The van der Waals surface area contributed by atoms with E-state index < -0.39 is 35.7 Å². The number of thioether (sulfide) groups is 1. The molecular formula is C24H23N2O7S-. The summed E-state index contributed by atoms with van der Waals surface area (Å²) in [6.45, 7) is 4.63. The lowest BCUT2D eigenvalue weighted by atomic mass is 10.1. The van der Waals surface area contributed by atoms with Gasteiger partial charge >= 0.3 is 0 Å². The van der Waals surface area contributed by atoms with Crippen molar-refractivity contribution in [3.8, 4) is 11.5 Å². The molecule has 0 aliphatic carbocycles. The number of aryl methyl sites for hydroxylation is 2. The fourth-order valence-electron chi connectivity index (χ4n) is 3.23. The molecule has 10 heteroatoms. The first-order valence-corrected chi connectivity index (χ1v) is 11.1. The zero-order valence-corrected chi connectivity index (χ0v) is 19.9. The maximum Gasteiger partial charge on any atom is 0.294 e. The number of carbonyl (C=O) groups is 4. The molecule has 1 aliphatic rings. The maximum atomic E-state index is 12.8. The van der Waals surface area contributed by atoms with Gasteiger partial charge in [-0.15, -0.1) is 0 Å². The summed E-state index contributed by atoms with van der Waals surface area (Å²) in [5.41, 5.74) is 2.92. The Morgan fingerprint density at radius 1 is 1.15 bits per heavy atom. The fraction of sp³-hybridized carbons (Fsp3) is 0.250. The van der Waals surface area contributed by atoms with Crippen LogP contribution in [0.2, 0.25) is 0 Å². The van der Waals surface area contributed by atoms with Crippen LogP contribution in [0.1, 0.15) is 23.6 Å². The van der Waals surface area contributed by atoms with Crippen molar-refractivity contribution in [2.24, 2.45) is 0 Å². The third-order valence-corrected chi connectivity index (χ3v) is 5.95. The van der Waals surface area contributed by atoms with Crippen molar-refractivity contribution in [2.75, 3.05) is 19.0 Å². The Bertz CT molecular complexity index is 1170. The van der Waals surface area contributed by atoms with Crippen LogP contribution in [0.4, 0.5) is 10.5 Å². The van der Waals surface area contributed by atoms with Crippen molar-refractivity contribution in [1.29, 1.82) is 0 Å². The van der Waals surface area contributed by atoms with Gasteiger partial charge in [0.25, 0.3) is 11.1 Å². The Balaban J connectivity index is 1.74. The highest BCUT2D eigenvalue weighted by Gasteiger charge is 2.36. The number of imide groups is 1. The van der Waals surface area contributed by atoms with Gasteiger partial charge in [-0.1, -0.05) is 24.3 Å². The number of hydrogen-bond donors (Lipinski definition) is 1. The first kappa shape index (κ1) is 24.8. The van der Waals surface area contributed by atoms with E-state index in [1.807, 2.05) is 32.0 Å². The molecule has 1 heterocycles. The molecule has 1 saturated heterocycles. The average Bonchev–Trinajstić information content (AvgIpc) is 3.04. The molecule has 3 amide bonds. The summed E-state index contributed by atoms with van der Waals surface area (Å²) in [5, 5.41) is 13.1. The summed E-state index contributed by atoms with van der Waals surface area (Å²) >= 11 is 0.724. The van der Waals surface area contributed by atoms with Crippen LogP contribution in [0.25, 0.3) is 6.08 Å². The molecule has 178 valence electrons. The van der Waals surface area contributed by atoms with E-state index in [2.05, 4.69) is 5.32 Å². The van der Waals surface area contributed by atoms with E-state index >= 15 is 0 Å². The normalized spacial score (nSPS) is 15.4. The van der Waals surface area contributed by atoms with E-state index in [9.17, 15) is 24.3 Å². The summed E-state index contributed by atoms with van der Waals surface area (Å²) in [5.74, 6) is -2.01. The predicted molar refractivity (Wildman–Crippen MR) is 125 cm³/mol. The second-order valence-electron chi connectivity index (χ2n) is 7.57. The van der Waals surface area contributed by atoms with Crippen molar-refractivity contribution < 1.29 is 33.8 Å². The Labute approximate surface area is 200 Å². The molecule has 0 saturated carbocycles. The summed E-state index contributed by atoms with van der Waals surface area (Å²) in [4.78, 5) is 49.7. The molecule has 0 radical (unpaired) electrons. The molecule has 2 aromatic rings. The summed E-state index contributed by atoms with van der Waals surface area (Å²) in [6, 6.07) is 10.2. The molecule has 1 fully saturated rings. The lowest BCUT2D eigenvalue weighted by molar-refractivity contribution is -0.312. The van der Waals surface area contributed by atoms with Crippen molar-refractivity contribution in [3.63, 3.8) is 0 Å². The van der Waals surface area contributed by atoms with Crippen molar-refractivity contribution in [3.05, 3.63) is 58.0 Å². The van der Waals surface area contributed by atoms with Crippen LogP contribution in [0.15, 0.2) is 41.3 Å². The van der Waals surface area contributed by atoms with Crippen molar-refractivity contribution >= 4 is 46.5 Å². The van der Waals surface area contributed by atoms with Gasteiger partial charge in [0, 0.05) is 5.69 Å². The highest BCUT2D eigenvalue weighted by atomic mass is 32.2. The summed E-state index contributed by atoms with van der Waals surface area (Å²) in [6.07, 6.45) is 0.300. The number of carbonyl (C=O) groups excluding carboxylic acids is 4. The lowest BCUT2D eigenvalue weighted by Crippen LogP contribution is -2.37. The summed E-state index contributed by atoms with van der Waals surface area (Å²) < 4.78 is 10.5. The standard InChI is InChI=1S/C24H24N2O7S/c1-13-6-5-7-14(2)21(13)25-20(27)12-26-22(28)19(34-24(26)31)11-16-8-9-17(18(10-16)32-4)33-15(3)23(29)30/h5-11,15H,12H2,1-4H3,(H,25,27)(H,29,30)/p-1/b19-11+/t15-/m1/s1. The van der Waals surface area contributed by atoms with Crippen LogP contribution in [-0.4, -0.2) is 47.7 Å². The number of carboxylic acid groups (broad SMARTS) is 1. The first-order valence-electron chi connectivity index (χ1n) is 10.3. The monoisotopic (exact) mass is 483 g/mol. The zero-order valence-electron chi connectivity index (χ0n) is 19.0. The van der Waals surface area contributed by atoms with Crippen molar-refractivity contribution in [2.45, 2.75) is 26.9 Å². The van der Waals surface area contributed by atoms with Gasteiger partial charge in [-0.25, -0.2) is 0 Å². The number of ether oxygens (including phenoxy) is 2. The van der Waals surface area contributed by atoms with E-state index in [0.29, 0.717) is 11.3 Å². The third-order valence-electron chi connectivity index (χ3n) is 5.04. The molecule has 1 atom stereocenters. The maximum absolute atomic E-state index is 12.8. The molecule has 0 unspecified atom stereocenters. The minimum atomic E-state index is -1.37. The van der Waals surface area contributed by atoms with Gasteiger partial charge in [0.05, 0.1) is 18.0 Å². The molecule has 34 heavy (non-hydrogen) atoms. The second-order valence-corrected chi connectivity index (χ2v) is 8.57. The highest BCUT2D eigenvalue weighted by molar-refractivity contribution is 8.18. The van der Waals surface area contributed by atoms with Gasteiger partial charge in [-0.3, -0.25) is 19.3 Å². The molecule has 2 aromatic carbocycles. The topological polar surface area (TPSA) is 125 Å². The van der Waals surface area contributed by atoms with Gasteiger partial charge in [0.15, 0.2) is 11.5 Å². The van der Waals surface area contributed by atoms with Gasteiger partial charge in [-0.05, 0) is 67.4 Å². The number of anilines is 1. The Hall–Kier alpha value is -3.79. The van der Waals surface area contributed by atoms with Crippen molar-refractivity contribution in [1.82, 2.24) is 4.90 Å². The Kier molecular flexibility index (Phi) is 7.62. The van der Waals surface area contributed by atoms with Crippen LogP contribution in [0.3, 0.4) is 0 Å². The van der Waals surface area contributed by atoms with E-state index in [4.69, 9.17) is 9.47 Å². The molecule has 0 spiro atoms. The Morgan fingerprint density at radius 2 is 1.82 bits per heavy atom. The minimum Gasteiger partial charge on any atom is -0.546 e. The lowest BCUT2D eigenvalue weighted by Gasteiger charge is -2.17. The average molecular weight is 484 g/mol. The molecule has 3 rings (SSSR count). The van der Waals surface area contributed by atoms with Gasteiger partial charge in [0.1, 0.15) is 12.6 Å². The van der Waals surface area contributed by atoms with Gasteiger partial charge in [0.2, 0.25) is 5.91 Å². The quantitative estimate of drug-likeness (QED) is 0.568. The number of nitrogens with one attached hydrogen (secondary N) is 1. The van der Waals surface area contributed by atoms with E-state index in [-0.39, 0.29) is 16.4 Å². The van der Waals surface area contributed by atoms with Crippen LogP contribution in [0.5, 0.6) is 11.5 Å². The fourth-order valence-corrected chi connectivity index (χ4v) is 4.07. The smallest absolute Gasteiger partial charge is 0.294 e. The largest absolute Gasteiger partial charge is 0.546 e. The Morgan fingerprint density at radius 3 is 2.44 bits per heavy atom. The minimum absolute atomic E-state index is 0.142. The number of benzene rings is 2. The van der Waals surface area contributed by atoms with E-state index in [0.717, 1.165) is 27.8 Å². The predicted octanol–water partition coefficient (Wildman–Crippen LogP) is 2.50. The number of hydrogen-bond acceptors (Lipinski definition) is 8. The van der Waals surface area contributed by atoms with Gasteiger partial charge < -0.3 is 24.7 Å². The zero-order chi connectivity index (χ0) is 25.0. The molecule has 0 aromatic heterocycles. The molecule has 0 bridgehead atoms. The van der Waals surface area contributed by atoms with E-state index in [1.54, 1.807) is 12.1 Å². The number of methoxy groups -OCH3 is 1. The summed E-state index contributed by atoms with van der Waals surface area (Å²) in [7, 11) is 1.39. The number of para-hydroxylation sites is 1. The SMILES string of the molecule is COc1cc(/C=C2/SC(=O)N(CC(=O)Nc3c(C)cccc3C)C2=O)ccc1O[C@H](C)C(=O)[O-]. The number of rotatable bonds is 8. The third kappa shape index (κ3) is 5.57. The molecular weight excluding hydrogens is 460 g/mol. The number of carboxylic acids is 1. The van der Waals surface area contributed by atoms with Crippen LogP contribution < -0.4 is 19.9 Å². The van der Waals surface area contributed by atoms with Crippen LogP contribution in [0, 0.1) is 13.8 Å². The number of aliphatic carboxylic acids is 1. The first-order chi connectivity index (χ1) is 16.1. The second kappa shape index (κ2) is 10.4. The molecule has 1 N–H and O–H groups in total. The number of amides is 3. The molecule has 9 nitrogen and oxygen atoms in total. The highest BCUT2D eigenvalue weighted by Crippen LogP contribution is 2.35.